The summed E-state index contributed by atoms with van der Waals surface area (Å²) in [7, 11) is 0. The molecule has 3 aromatic rings. The van der Waals surface area contributed by atoms with E-state index in [9.17, 15) is 10.1 Å². The molecule has 0 unspecified atom stereocenters. The van der Waals surface area contributed by atoms with Gasteiger partial charge in [-0.2, -0.15) is 10.4 Å². The zero-order valence-corrected chi connectivity index (χ0v) is 15.6. The highest BCUT2D eigenvalue weighted by atomic mass is 32.1. The second kappa shape index (κ2) is 6.63. The Morgan fingerprint density at radius 3 is 2.92 bits per heavy atom. The second-order valence-corrected chi connectivity index (χ2v) is 7.70. The number of nitrogens with zero attached hydrogens (tertiary/aromatic N) is 5. The number of para-hydroxylation sites is 1. The Balaban J connectivity index is 1.67. The Morgan fingerprint density at radius 1 is 1.35 bits per heavy atom. The first-order valence-electron chi connectivity index (χ1n) is 8.66. The van der Waals surface area contributed by atoms with E-state index in [1.807, 2.05) is 31.2 Å². The third-order valence-electron chi connectivity index (χ3n) is 5.02. The van der Waals surface area contributed by atoms with Crippen molar-refractivity contribution in [3.63, 3.8) is 0 Å². The fraction of sp³-hybridized carbons (Fsp3) is 0.368. The monoisotopic (exact) mass is 365 g/mol. The van der Waals surface area contributed by atoms with E-state index in [4.69, 9.17) is 4.98 Å². The van der Waals surface area contributed by atoms with Gasteiger partial charge in [-0.15, -0.1) is 11.3 Å². The van der Waals surface area contributed by atoms with Crippen molar-refractivity contribution < 1.29 is 0 Å². The summed E-state index contributed by atoms with van der Waals surface area (Å²) in [5.74, 6) is 0. The van der Waals surface area contributed by atoms with Crippen molar-refractivity contribution in [3.8, 4) is 6.07 Å². The first kappa shape index (κ1) is 16.9. The van der Waals surface area contributed by atoms with Gasteiger partial charge >= 0.3 is 0 Å². The van der Waals surface area contributed by atoms with Gasteiger partial charge in [0, 0.05) is 6.54 Å². The molecule has 3 heterocycles. The van der Waals surface area contributed by atoms with E-state index in [1.54, 1.807) is 18.3 Å². The fourth-order valence-electron chi connectivity index (χ4n) is 3.48. The van der Waals surface area contributed by atoms with Crippen LogP contribution in [0.2, 0.25) is 0 Å². The molecule has 132 valence electrons. The highest BCUT2D eigenvalue weighted by Gasteiger charge is 2.29. The number of benzene rings is 1. The molecule has 0 saturated carbocycles. The van der Waals surface area contributed by atoms with E-state index in [0.29, 0.717) is 12.2 Å². The van der Waals surface area contributed by atoms with Crippen LogP contribution in [0.4, 0.5) is 0 Å². The van der Waals surface area contributed by atoms with E-state index in [-0.39, 0.29) is 17.2 Å². The van der Waals surface area contributed by atoms with Crippen LogP contribution in [-0.4, -0.2) is 26.2 Å². The quantitative estimate of drug-likeness (QED) is 0.713. The number of fused-ring (bicyclic) bond motifs is 1. The van der Waals surface area contributed by atoms with Crippen LogP contribution in [0.25, 0.3) is 10.2 Å². The van der Waals surface area contributed by atoms with Crippen LogP contribution in [-0.2, 0) is 6.67 Å². The topological polar surface area (TPSA) is 74.8 Å². The summed E-state index contributed by atoms with van der Waals surface area (Å²) in [6, 6.07) is 10.4. The van der Waals surface area contributed by atoms with Crippen LogP contribution in [0, 0.1) is 25.2 Å². The van der Waals surface area contributed by atoms with Crippen molar-refractivity contribution in [2.24, 2.45) is 0 Å². The number of hydrogen-bond acceptors (Lipinski definition) is 6. The molecule has 0 bridgehead atoms. The predicted octanol–water partition coefficient (Wildman–Crippen LogP) is 3.14. The molecule has 26 heavy (non-hydrogen) atoms. The number of hydrogen-bond donors (Lipinski definition) is 0. The molecule has 0 N–H and O–H groups in total. The maximum atomic E-state index is 12.6. The highest BCUT2D eigenvalue weighted by Crippen LogP contribution is 2.36. The third kappa shape index (κ3) is 2.81. The van der Waals surface area contributed by atoms with Gasteiger partial charge in [-0.25, -0.2) is 9.67 Å². The van der Waals surface area contributed by atoms with Crippen LogP contribution < -0.4 is 5.56 Å². The summed E-state index contributed by atoms with van der Waals surface area (Å²) in [6.45, 7) is 4.88. The SMILES string of the molecule is Cc1nn(CN2CCC[C@@H]2c2nc3ccccc3s2)c(=O)c(C#N)c1C. The van der Waals surface area contributed by atoms with E-state index in [1.165, 1.54) is 9.38 Å². The van der Waals surface area contributed by atoms with Gasteiger partial charge in [-0.1, -0.05) is 12.1 Å². The lowest BCUT2D eigenvalue weighted by Gasteiger charge is -2.23. The Kier molecular flexibility index (Phi) is 4.31. The van der Waals surface area contributed by atoms with Gasteiger partial charge in [0.25, 0.3) is 5.56 Å². The Bertz CT molecular complexity index is 1040. The molecule has 6 nitrogen and oxygen atoms in total. The van der Waals surface area contributed by atoms with Gasteiger partial charge in [0.15, 0.2) is 0 Å². The predicted molar refractivity (Wildman–Crippen MR) is 101 cm³/mol. The lowest BCUT2D eigenvalue weighted by Crippen LogP contribution is -2.35. The summed E-state index contributed by atoms with van der Waals surface area (Å²) in [4.78, 5) is 19.6. The van der Waals surface area contributed by atoms with Crippen molar-refractivity contribution in [1.29, 1.82) is 5.26 Å². The van der Waals surface area contributed by atoms with Crippen LogP contribution in [0.1, 0.15) is 40.7 Å². The number of thiazole rings is 1. The van der Waals surface area contributed by atoms with E-state index in [0.717, 1.165) is 35.6 Å². The lowest BCUT2D eigenvalue weighted by atomic mass is 10.1. The maximum Gasteiger partial charge on any atom is 0.286 e. The molecule has 1 fully saturated rings. The molecule has 0 aliphatic carbocycles. The average Bonchev–Trinajstić information content (AvgIpc) is 3.26. The molecule has 1 aromatic carbocycles. The molecule has 1 aliphatic heterocycles. The number of nitriles is 1. The minimum Gasteiger partial charge on any atom is -0.275 e. The van der Waals surface area contributed by atoms with Gasteiger partial charge in [0.1, 0.15) is 16.6 Å². The standard InChI is InChI=1S/C19H19N5OS/c1-12-13(2)22-24(19(25)14(12)10-20)11-23-9-5-7-16(23)18-21-15-6-3-4-8-17(15)26-18/h3-4,6,8,16H,5,7,9,11H2,1-2H3/t16-/m1/s1. The van der Waals surface area contributed by atoms with Gasteiger partial charge in [0.05, 0.1) is 28.6 Å². The number of likely N-dealkylation sites (tertiary alicyclic amines) is 1. The van der Waals surface area contributed by atoms with Crippen molar-refractivity contribution in [3.05, 3.63) is 56.4 Å². The maximum absolute atomic E-state index is 12.6. The molecule has 1 saturated heterocycles. The Hall–Kier alpha value is -2.56. The first-order chi connectivity index (χ1) is 12.6. The molecule has 0 amide bonds. The highest BCUT2D eigenvalue weighted by molar-refractivity contribution is 7.18. The van der Waals surface area contributed by atoms with E-state index < -0.39 is 0 Å². The number of aryl methyl sites for hydroxylation is 1. The first-order valence-corrected chi connectivity index (χ1v) is 9.48. The average molecular weight is 365 g/mol. The molecule has 0 spiro atoms. The normalized spacial score (nSPS) is 17.7. The van der Waals surface area contributed by atoms with Gasteiger partial charge < -0.3 is 0 Å². The summed E-state index contributed by atoms with van der Waals surface area (Å²) < 4.78 is 2.61. The smallest absolute Gasteiger partial charge is 0.275 e. The molecule has 0 radical (unpaired) electrons. The lowest BCUT2D eigenvalue weighted by molar-refractivity contribution is 0.186. The van der Waals surface area contributed by atoms with Gasteiger partial charge in [0.2, 0.25) is 0 Å². The zero-order valence-electron chi connectivity index (χ0n) is 14.8. The van der Waals surface area contributed by atoms with Crippen LogP contribution in [0.5, 0.6) is 0 Å². The molecule has 4 rings (SSSR count). The molecular formula is C19H19N5OS. The van der Waals surface area contributed by atoms with Gasteiger partial charge in [-0.05, 0) is 44.4 Å². The fourth-order valence-corrected chi connectivity index (χ4v) is 4.62. The molecular weight excluding hydrogens is 346 g/mol. The Morgan fingerprint density at radius 2 is 2.15 bits per heavy atom. The van der Waals surface area contributed by atoms with Crippen molar-refractivity contribution >= 4 is 21.6 Å². The van der Waals surface area contributed by atoms with Crippen LogP contribution >= 0.6 is 11.3 Å². The van der Waals surface area contributed by atoms with Crippen molar-refractivity contribution in [2.45, 2.75) is 39.4 Å². The summed E-state index contributed by atoms with van der Waals surface area (Å²) in [5.41, 5.74) is 2.28. The minimum atomic E-state index is -0.314. The van der Waals surface area contributed by atoms with Crippen molar-refractivity contribution in [1.82, 2.24) is 19.7 Å². The van der Waals surface area contributed by atoms with E-state index in [2.05, 4.69) is 16.1 Å². The number of aromatic nitrogens is 3. The summed E-state index contributed by atoms with van der Waals surface area (Å²) in [6.07, 6.45) is 2.08. The van der Waals surface area contributed by atoms with Gasteiger partial charge in [-0.3, -0.25) is 9.69 Å². The molecule has 1 atom stereocenters. The van der Waals surface area contributed by atoms with Crippen LogP contribution in [0.15, 0.2) is 29.1 Å². The second-order valence-electron chi connectivity index (χ2n) is 6.63. The minimum absolute atomic E-state index is 0.188. The third-order valence-corrected chi connectivity index (χ3v) is 6.16. The molecule has 2 aromatic heterocycles. The Labute approximate surface area is 155 Å². The van der Waals surface area contributed by atoms with Crippen molar-refractivity contribution in [2.75, 3.05) is 6.54 Å². The summed E-state index contributed by atoms with van der Waals surface area (Å²) in [5, 5.41) is 14.8. The van der Waals surface area contributed by atoms with E-state index >= 15 is 0 Å². The molecule has 1 aliphatic rings. The van der Waals surface area contributed by atoms with Crippen LogP contribution in [0.3, 0.4) is 0 Å². The largest absolute Gasteiger partial charge is 0.286 e. The molecule has 7 heteroatoms. The number of rotatable bonds is 3. The summed E-state index contributed by atoms with van der Waals surface area (Å²) >= 11 is 1.71. The zero-order chi connectivity index (χ0) is 18.3.